The molecule has 8 heteroatoms. The summed E-state index contributed by atoms with van der Waals surface area (Å²) in [5, 5.41) is 19.4. The number of anilines is 1. The summed E-state index contributed by atoms with van der Waals surface area (Å²) in [7, 11) is 0. The normalized spacial score (nSPS) is 10.1. The van der Waals surface area contributed by atoms with Crippen LogP contribution in [-0.2, 0) is 16.1 Å². The predicted octanol–water partition coefficient (Wildman–Crippen LogP) is 4.05. The monoisotopic (exact) mass is 418 g/mol. The average Bonchev–Trinajstić information content (AvgIpc) is 2.77. The summed E-state index contributed by atoms with van der Waals surface area (Å²) < 4.78 is 18.5. The Labute approximate surface area is 176 Å². The van der Waals surface area contributed by atoms with Crippen molar-refractivity contribution in [2.75, 3.05) is 11.5 Å². The van der Waals surface area contributed by atoms with Crippen molar-refractivity contribution in [2.24, 2.45) is 0 Å². The summed E-state index contributed by atoms with van der Waals surface area (Å²) >= 11 is 0.989. The third-order valence-electron chi connectivity index (χ3n) is 4.12. The van der Waals surface area contributed by atoms with Gasteiger partial charge in [-0.15, -0.1) is 0 Å². The fraction of sp³-hybridized carbons (Fsp3) is 0.0909. The van der Waals surface area contributed by atoms with Crippen molar-refractivity contribution < 1.29 is 13.9 Å². The minimum Gasteiger partial charge on any atom is -0.460 e. The van der Waals surface area contributed by atoms with Crippen molar-refractivity contribution >= 4 is 23.5 Å². The van der Waals surface area contributed by atoms with Crippen LogP contribution in [0, 0.1) is 28.5 Å². The average molecular weight is 418 g/mol. The van der Waals surface area contributed by atoms with E-state index >= 15 is 0 Å². The molecule has 0 bridgehead atoms. The van der Waals surface area contributed by atoms with Gasteiger partial charge < -0.3 is 10.5 Å². The van der Waals surface area contributed by atoms with Gasteiger partial charge in [-0.1, -0.05) is 54.2 Å². The predicted molar refractivity (Wildman–Crippen MR) is 110 cm³/mol. The molecule has 1 heterocycles. The Morgan fingerprint density at radius 3 is 2.37 bits per heavy atom. The fourth-order valence-electron chi connectivity index (χ4n) is 2.71. The smallest absolute Gasteiger partial charge is 0.316 e. The van der Waals surface area contributed by atoms with Crippen molar-refractivity contribution in [1.29, 1.82) is 10.5 Å². The zero-order valence-electron chi connectivity index (χ0n) is 15.6. The fourth-order valence-corrected chi connectivity index (χ4v) is 3.51. The van der Waals surface area contributed by atoms with Gasteiger partial charge in [0, 0.05) is 5.56 Å². The Hall–Kier alpha value is -3.88. The first-order chi connectivity index (χ1) is 14.5. The van der Waals surface area contributed by atoms with E-state index in [1.807, 2.05) is 42.5 Å². The standard InChI is InChI=1S/C22H15FN4O2S/c23-16-8-6-15(7-9-16)20-17(10-24)21(26)27-22(18(20)11-25)30-13-19(28)29-12-14-4-2-1-3-5-14/h1-9H,12-13H2,(H2,26,27). The van der Waals surface area contributed by atoms with E-state index in [4.69, 9.17) is 10.5 Å². The van der Waals surface area contributed by atoms with Crippen LogP contribution in [0.4, 0.5) is 10.2 Å². The third-order valence-corrected chi connectivity index (χ3v) is 5.07. The molecule has 2 N–H and O–H groups in total. The van der Waals surface area contributed by atoms with E-state index in [-0.39, 0.29) is 39.9 Å². The Balaban J connectivity index is 1.84. The number of nitrogen functional groups attached to an aromatic ring is 1. The Morgan fingerprint density at radius 1 is 1.07 bits per heavy atom. The number of pyridine rings is 1. The maximum absolute atomic E-state index is 13.3. The molecule has 3 aromatic rings. The molecule has 2 aromatic carbocycles. The topological polar surface area (TPSA) is 113 Å². The Morgan fingerprint density at radius 2 is 1.73 bits per heavy atom. The van der Waals surface area contributed by atoms with Crippen molar-refractivity contribution in [1.82, 2.24) is 4.98 Å². The van der Waals surface area contributed by atoms with Crippen molar-refractivity contribution in [3.8, 4) is 23.3 Å². The van der Waals surface area contributed by atoms with Crippen LogP contribution in [0.2, 0.25) is 0 Å². The van der Waals surface area contributed by atoms with Gasteiger partial charge in [0.2, 0.25) is 0 Å². The van der Waals surface area contributed by atoms with Gasteiger partial charge in [-0.3, -0.25) is 4.79 Å². The second-order valence-electron chi connectivity index (χ2n) is 6.09. The molecule has 30 heavy (non-hydrogen) atoms. The summed E-state index contributed by atoms with van der Waals surface area (Å²) in [6.07, 6.45) is 0. The SMILES string of the molecule is N#Cc1c(N)nc(SCC(=O)OCc2ccccc2)c(C#N)c1-c1ccc(F)cc1. The third kappa shape index (κ3) is 4.75. The first-order valence-electron chi connectivity index (χ1n) is 8.75. The highest BCUT2D eigenvalue weighted by Gasteiger charge is 2.21. The zero-order valence-corrected chi connectivity index (χ0v) is 16.4. The van der Waals surface area contributed by atoms with Gasteiger partial charge in [0.05, 0.1) is 11.3 Å². The van der Waals surface area contributed by atoms with Gasteiger partial charge >= 0.3 is 5.97 Å². The molecule has 1 aromatic heterocycles. The number of hydrogen-bond acceptors (Lipinski definition) is 7. The summed E-state index contributed by atoms with van der Waals surface area (Å²) in [5.41, 5.74) is 7.59. The van der Waals surface area contributed by atoms with Gasteiger partial charge in [0.1, 0.15) is 41.0 Å². The lowest BCUT2D eigenvalue weighted by molar-refractivity contribution is -0.141. The molecule has 0 radical (unpaired) electrons. The van der Waals surface area contributed by atoms with E-state index < -0.39 is 11.8 Å². The summed E-state index contributed by atoms with van der Waals surface area (Å²) in [4.78, 5) is 16.2. The number of nitriles is 2. The number of benzene rings is 2. The summed E-state index contributed by atoms with van der Waals surface area (Å²) in [6.45, 7) is 0.134. The molecule has 3 rings (SSSR count). The molecule has 0 amide bonds. The van der Waals surface area contributed by atoms with E-state index in [2.05, 4.69) is 4.98 Å². The molecular formula is C22H15FN4O2S. The second-order valence-corrected chi connectivity index (χ2v) is 7.06. The first-order valence-corrected chi connectivity index (χ1v) is 9.74. The van der Waals surface area contributed by atoms with Crippen molar-refractivity contribution in [3.05, 3.63) is 77.1 Å². The molecule has 0 aliphatic rings. The molecule has 0 aliphatic heterocycles. The van der Waals surface area contributed by atoms with Gasteiger partial charge in [-0.2, -0.15) is 10.5 Å². The van der Waals surface area contributed by atoms with Crippen LogP contribution in [-0.4, -0.2) is 16.7 Å². The number of aromatic nitrogens is 1. The maximum atomic E-state index is 13.3. The number of esters is 1. The highest BCUT2D eigenvalue weighted by molar-refractivity contribution is 7.99. The number of thioether (sulfide) groups is 1. The van der Waals surface area contributed by atoms with Crippen LogP contribution in [0.5, 0.6) is 0 Å². The van der Waals surface area contributed by atoms with Crippen molar-refractivity contribution in [3.63, 3.8) is 0 Å². The molecule has 0 saturated carbocycles. The Kier molecular flexibility index (Phi) is 6.63. The highest BCUT2D eigenvalue weighted by Crippen LogP contribution is 2.35. The van der Waals surface area contributed by atoms with Crippen LogP contribution in [0.25, 0.3) is 11.1 Å². The molecule has 0 atom stereocenters. The molecule has 0 aliphatic carbocycles. The van der Waals surface area contributed by atoms with Crippen LogP contribution in [0.3, 0.4) is 0 Å². The molecular weight excluding hydrogens is 403 g/mol. The van der Waals surface area contributed by atoms with E-state index in [0.29, 0.717) is 5.56 Å². The lowest BCUT2D eigenvalue weighted by Crippen LogP contribution is -2.09. The number of hydrogen-bond donors (Lipinski definition) is 1. The lowest BCUT2D eigenvalue weighted by Gasteiger charge is -2.13. The minimum atomic E-state index is -0.485. The van der Waals surface area contributed by atoms with Crippen LogP contribution >= 0.6 is 11.8 Å². The molecule has 148 valence electrons. The number of carbonyl (C=O) groups is 1. The summed E-state index contributed by atoms with van der Waals surface area (Å²) in [6, 6.07) is 18.6. The van der Waals surface area contributed by atoms with Gasteiger partial charge in [-0.25, -0.2) is 9.37 Å². The van der Waals surface area contributed by atoms with E-state index in [9.17, 15) is 19.7 Å². The second kappa shape index (κ2) is 9.55. The number of rotatable bonds is 6. The summed E-state index contributed by atoms with van der Waals surface area (Å²) in [5.74, 6) is -1.10. The molecule has 0 fully saturated rings. The van der Waals surface area contributed by atoms with E-state index in [1.165, 1.54) is 24.3 Å². The van der Waals surface area contributed by atoms with E-state index in [1.54, 1.807) is 0 Å². The number of ether oxygens (including phenoxy) is 1. The van der Waals surface area contributed by atoms with Gasteiger partial charge in [0.15, 0.2) is 0 Å². The first kappa shape index (κ1) is 20.8. The zero-order chi connectivity index (χ0) is 21.5. The molecule has 0 unspecified atom stereocenters. The Bertz CT molecular complexity index is 1150. The largest absolute Gasteiger partial charge is 0.460 e. The van der Waals surface area contributed by atoms with Crippen molar-refractivity contribution in [2.45, 2.75) is 11.6 Å². The number of halogens is 1. The molecule has 0 saturated heterocycles. The van der Waals surface area contributed by atoms with Gasteiger partial charge in [0.25, 0.3) is 0 Å². The van der Waals surface area contributed by atoms with Gasteiger partial charge in [-0.05, 0) is 23.3 Å². The number of carbonyl (C=O) groups excluding carboxylic acids is 1. The molecule has 6 nitrogen and oxygen atoms in total. The molecule has 0 spiro atoms. The lowest BCUT2D eigenvalue weighted by atomic mass is 9.97. The van der Waals surface area contributed by atoms with Crippen LogP contribution in [0.15, 0.2) is 59.6 Å². The quantitative estimate of drug-likeness (QED) is 0.474. The minimum absolute atomic E-state index is 0.0224. The maximum Gasteiger partial charge on any atom is 0.316 e. The van der Waals surface area contributed by atoms with Crippen LogP contribution in [0.1, 0.15) is 16.7 Å². The van der Waals surface area contributed by atoms with E-state index in [0.717, 1.165) is 17.3 Å². The highest BCUT2D eigenvalue weighted by atomic mass is 32.2. The number of nitrogens with zero attached hydrogens (tertiary/aromatic N) is 3. The number of nitrogens with two attached hydrogens (primary N) is 1. The van der Waals surface area contributed by atoms with Crippen LogP contribution < -0.4 is 5.73 Å².